The molecule has 2 saturated heterocycles. The van der Waals surface area contributed by atoms with Gasteiger partial charge in [-0.05, 0) is 38.8 Å². The summed E-state index contributed by atoms with van der Waals surface area (Å²) in [6.45, 7) is 2.13. The standard InChI is InChI=1S/C17H23N7/c1-18-9-17-6-13(7-17)24(10-17)16-19-5-4-14(22-16)21-15-8-23(11-20-15)12-2-3-12/h4-5,8,11-13,18H,2-3,6-7,9-10H2,1H3,(H,19,21,22). The first-order chi connectivity index (χ1) is 11.7. The molecule has 0 aromatic carbocycles. The van der Waals surface area contributed by atoms with E-state index in [0.717, 1.165) is 30.7 Å². The number of imidazole rings is 1. The molecule has 7 heteroatoms. The summed E-state index contributed by atoms with van der Waals surface area (Å²) in [7, 11) is 2.03. The molecule has 2 saturated carbocycles. The van der Waals surface area contributed by atoms with Crippen molar-refractivity contribution in [2.24, 2.45) is 5.41 Å². The molecule has 7 nitrogen and oxygen atoms in total. The van der Waals surface area contributed by atoms with Crippen LogP contribution in [-0.4, -0.2) is 45.7 Å². The van der Waals surface area contributed by atoms with E-state index in [1.807, 2.05) is 25.6 Å². The van der Waals surface area contributed by atoms with Gasteiger partial charge in [0.1, 0.15) is 11.6 Å². The molecule has 4 aliphatic rings. The second-order valence-electron chi connectivity index (χ2n) is 7.52. The summed E-state index contributed by atoms with van der Waals surface area (Å²) < 4.78 is 2.18. The normalized spacial score (nSPS) is 28.0. The molecular weight excluding hydrogens is 302 g/mol. The maximum atomic E-state index is 4.72. The van der Waals surface area contributed by atoms with Crippen molar-refractivity contribution in [2.75, 3.05) is 30.4 Å². The van der Waals surface area contributed by atoms with Crippen molar-refractivity contribution in [3.8, 4) is 0 Å². The zero-order chi connectivity index (χ0) is 16.1. The molecule has 6 rings (SSSR count). The minimum Gasteiger partial charge on any atom is -0.337 e. The SMILES string of the molecule is CNCC12CC(C1)N(c1nccc(Nc3cn(C4CC4)cn3)n1)C2. The van der Waals surface area contributed by atoms with Gasteiger partial charge in [-0.2, -0.15) is 4.98 Å². The third-order valence-electron chi connectivity index (χ3n) is 5.56. The van der Waals surface area contributed by atoms with Gasteiger partial charge >= 0.3 is 0 Å². The molecular formula is C17H23N7. The molecule has 0 radical (unpaired) electrons. The Morgan fingerprint density at radius 3 is 2.88 bits per heavy atom. The van der Waals surface area contributed by atoms with Crippen molar-refractivity contribution in [1.29, 1.82) is 0 Å². The Hall–Kier alpha value is -2.15. The lowest BCUT2D eigenvalue weighted by atomic mass is 9.70. The molecule has 4 heterocycles. The Labute approximate surface area is 141 Å². The first-order valence-electron chi connectivity index (χ1n) is 8.79. The minimum absolute atomic E-state index is 0.426. The van der Waals surface area contributed by atoms with Gasteiger partial charge in [-0.15, -0.1) is 0 Å². The lowest BCUT2D eigenvalue weighted by Gasteiger charge is -2.36. The fourth-order valence-corrected chi connectivity index (χ4v) is 4.25. The van der Waals surface area contributed by atoms with Gasteiger partial charge in [-0.1, -0.05) is 0 Å². The smallest absolute Gasteiger partial charge is 0.227 e. The molecule has 2 N–H and O–H groups in total. The molecule has 4 fully saturated rings. The Balaban J connectivity index is 1.31. The van der Waals surface area contributed by atoms with Crippen LogP contribution in [0.4, 0.5) is 17.6 Å². The van der Waals surface area contributed by atoms with Crippen LogP contribution >= 0.6 is 0 Å². The average molecular weight is 325 g/mol. The summed E-state index contributed by atoms with van der Waals surface area (Å²) in [5.74, 6) is 2.50. The molecule has 2 aliphatic heterocycles. The number of nitrogens with one attached hydrogen (secondary N) is 2. The second kappa shape index (κ2) is 5.17. The van der Waals surface area contributed by atoms with Crippen LogP contribution in [0.15, 0.2) is 24.8 Å². The highest BCUT2D eigenvalue weighted by Gasteiger charge is 2.55. The van der Waals surface area contributed by atoms with Gasteiger partial charge in [0.2, 0.25) is 5.95 Å². The van der Waals surface area contributed by atoms with E-state index in [4.69, 9.17) is 4.98 Å². The quantitative estimate of drug-likeness (QED) is 0.846. The van der Waals surface area contributed by atoms with Crippen LogP contribution in [0.3, 0.4) is 0 Å². The van der Waals surface area contributed by atoms with Gasteiger partial charge in [0, 0.05) is 43.0 Å². The summed E-state index contributed by atoms with van der Waals surface area (Å²) in [5.41, 5.74) is 0.426. The number of rotatable bonds is 6. The average Bonchev–Trinajstić information content (AvgIpc) is 3.04. The first-order valence-corrected chi connectivity index (χ1v) is 8.79. The van der Waals surface area contributed by atoms with Gasteiger partial charge in [0.15, 0.2) is 0 Å². The van der Waals surface area contributed by atoms with Crippen molar-refractivity contribution in [3.63, 3.8) is 0 Å². The Morgan fingerprint density at radius 1 is 1.21 bits per heavy atom. The third kappa shape index (κ3) is 2.34. The maximum absolute atomic E-state index is 4.72. The number of hydrogen-bond acceptors (Lipinski definition) is 6. The Bertz CT molecular complexity index is 745. The number of aromatic nitrogens is 4. The van der Waals surface area contributed by atoms with Crippen molar-refractivity contribution >= 4 is 17.6 Å². The van der Waals surface area contributed by atoms with Crippen LogP contribution in [0.2, 0.25) is 0 Å². The minimum atomic E-state index is 0.426. The highest BCUT2D eigenvalue weighted by molar-refractivity contribution is 5.53. The lowest BCUT2D eigenvalue weighted by Crippen LogP contribution is -2.41. The van der Waals surface area contributed by atoms with Gasteiger partial charge in [-0.25, -0.2) is 9.97 Å². The lowest BCUT2D eigenvalue weighted by molar-refractivity contribution is 0.196. The van der Waals surface area contributed by atoms with E-state index in [2.05, 4.69) is 36.3 Å². The maximum Gasteiger partial charge on any atom is 0.227 e. The molecule has 0 unspecified atom stereocenters. The predicted molar refractivity (Wildman–Crippen MR) is 92.5 cm³/mol. The van der Waals surface area contributed by atoms with Crippen molar-refractivity contribution < 1.29 is 0 Å². The van der Waals surface area contributed by atoms with Gasteiger partial charge in [0.25, 0.3) is 0 Å². The predicted octanol–water partition coefficient (Wildman–Crippen LogP) is 1.94. The first kappa shape index (κ1) is 14.2. The number of hydrogen-bond donors (Lipinski definition) is 2. The van der Waals surface area contributed by atoms with Crippen LogP contribution in [0.5, 0.6) is 0 Å². The van der Waals surface area contributed by atoms with E-state index >= 15 is 0 Å². The van der Waals surface area contributed by atoms with Crippen LogP contribution in [0.1, 0.15) is 31.7 Å². The summed E-state index contributed by atoms with van der Waals surface area (Å²) in [4.78, 5) is 16.0. The van der Waals surface area contributed by atoms with Gasteiger partial charge in [-0.3, -0.25) is 0 Å². The second-order valence-corrected chi connectivity index (χ2v) is 7.52. The van der Waals surface area contributed by atoms with E-state index in [1.54, 1.807) is 0 Å². The van der Waals surface area contributed by atoms with Crippen molar-refractivity contribution in [3.05, 3.63) is 24.8 Å². The van der Waals surface area contributed by atoms with E-state index < -0.39 is 0 Å². The molecule has 24 heavy (non-hydrogen) atoms. The van der Waals surface area contributed by atoms with Crippen LogP contribution in [0, 0.1) is 5.41 Å². The summed E-state index contributed by atoms with van der Waals surface area (Å²) in [6, 6.07) is 3.15. The highest BCUT2D eigenvalue weighted by atomic mass is 15.3. The number of nitrogens with zero attached hydrogens (tertiary/aromatic N) is 5. The molecule has 2 aliphatic carbocycles. The monoisotopic (exact) mass is 325 g/mol. The molecule has 2 aromatic heterocycles. The van der Waals surface area contributed by atoms with Crippen LogP contribution in [-0.2, 0) is 0 Å². The zero-order valence-corrected chi connectivity index (χ0v) is 13.9. The van der Waals surface area contributed by atoms with Crippen molar-refractivity contribution in [1.82, 2.24) is 24.8 Å². The number of anilines is 3. The molecule has 0 spiro atoms. The van der Waals surface area contributed by atoms with E-state index in [1.165, 1.54) is 25.7 Å². The zero-order valence-electron chi connectivity index (χ0n) is 13.9. The Morgan fingerprint density at radius 2 is 2.08 bits per heavy atom. The third-order valence-corrected chi connectivity index (χ3v) is 5.56. The topological polar surface area (TPSA) is 70.9 Å². The Kier molecular flexibility index (Phi) is 3.06. The summed E-state index contributed by atoms with van der Waals surface area (Å²) >= 11 is 0. The fourth-order valence-electron chi connectivity index (χ4n) is 4.25. The molecule has 2 aromatic rings. The van der Waals surface area contributed by atoms with Gasteiger partial charge in [0.05, 0.1) is 6.33 Å². The van der Waals surface area contributed by atoms with E-state index in [0.29, 0.717) is 17.5 Å². The highest BCUT2D eigenvalue weighted by Crippen LogP contribution is 2.52. The van der Waals surface area contributed by atoms with E-state index in [9.17, 15) is 0 Å². The number of fused-ring (bicyclic) bond motifs is 1. The van der Waals surface area contributed by atoms with Gasteiger partial charge < -0.3 is 20.1 Å². The summed E-state index contributed by atoms with van der Waals surface area (Å²) in [5, 5.41) is 6.64. The summed E-state index contributed by atoms with van der Waals surface area (Å²) in [6.07, 6.45) is 10.8. The fraction of sp³-hybridized carbons (Fsp3) is 0.588. The van der Waals surface area contributed by atoms with E-state index in [-0.39, 0.29) is 0 Å². The molecule has 0 amide bonds. The van der Waals surface area contributed by atoms with Crippen LogP contribution < -0.4 is 15.5 Å². The largest absolute Gasteiger partial charge is 0.337 e. The van der Waals surface area contributed by atoms with Crippen molar-refractivity contribution in [2.45, 2.75) is 37.8 Å². The van der Waals surface area contributed by atoms with Crippen LogP contribution in [0.25, 0.3) is 0 Å². The molecule has 2 bridgehead atoms. The molecule has 126 valence electrons. The molecule has 0 atom stereocenters.